The van der Waals surface area contributed by atoms with Gasteiger partial charge in [0.1, 0.15) is 0 Å². The molecule has 0 radical (unpaired) electrons. The number of aromatic nitrogens is 5. The Morgan fingerprint density at radius 3 is 2.92 bits per heavy atom. The number of rotatable bonds is 1. The largest absolute Gasteiger partial charge is 0.482 e. The van der Waals surface area contributed by atoms with Crippen molar-refractivity contribution < 1.29 is 4.92 Å². The molecule has 0 aromatic carbocycles. The van der Waals surface area contributed by atoms with E-state index in [1.54, 1.807) is 0 Å². The molecule has 0 atom stereocenters. The summed E-state index contributed by atoms with van der Waals surface area (Å²) in [6, 6.07) is 0. The smallest absolute Gasteiger partial charge is 0.390 e. The van der Waals surface area contributed by atoms with Crippen molar-refractivity contribution in [2.75, 3.05) is 0 Å². The second-order valence-corrected chi connectivity index (χ2v) is 1.98. The Kier molecular flexibility index (Phi) is 1.03. The molecule has 2 aromatic heterocycles. The second-order valence-electron chi connectivity index (χ2n) is 1.98. The lowest BCUT2D eigenvalue weighted by Crippen LogP contribution is -2.04. The topological polar surface area (TPSA) is 122 Å². The number of hydrogen-bond donors (Lipinski definition) is 2. The first-order valence-electron chi connectivity index (χ1n) is 2.86. The minimum Gasteiger partial charge on any atom is -0.390 e. The van der Waals surface area contributed by atoms with Crippen LogP contribution in [0.4, 0.5) is 5.95 Å². The van der Waals surface area contributed by atoms with Crippen LogP contribution in [0.3, 0.4) is 0 Å². The predicted molar refractivity (Wildman–Crippen MR) is 34.6 cm³/mol. The van der Waals surface area contributed by atoms with Crippen LogP contribution >= 0.6 is 0 Å². The van der Waals surface area contributed by atoms with E-state index in [0.717, 1.165) is 4.52 Å². The Hall–Kier alpha value is -2.19. The third-order valence-electron chi connectivity index (χ3n) is 1.25. The second kappa shape index (κ2) is 1.90. The summed E-state index contributed by atoms with van der Waals surface area (Å²) in [7, 11) is 0. The Balaban J connectivity index is 2.85. The van der Waals surface area contributed by atoms with Crippen molar-refractivity contribution in [1.29, 1.82) is 0 Å². The molecule has 9 heteroatoms. The summed E-state index contributed by atoms with van der Waals surface area (Å²) in [6.07, 6.45) is 0. The van der Waals surface area contributed by atoms with Crippen LogP contribution < -0.4 is 5.69 Å². The fraction of sp³-hybridized carbons (Fsp3) is 0. The first-order chi connectivity index (χ1) is 5.68. The normalized spacial score (nSPS) is 10.7. The molecule has 0 aliphatic rings. The molecule has 2 rings (SSSR count). The van der Waals surface area contributed by atoms with Gasteiger partial charge in [-0.3, -0.25) is 4.98 Å². The van der Waals surface area contributed by atoms with Gasteiger partial charge in [0.15, 0.2) is 0 Å². The van der Waals surface area contributed by atoms with Crippen LogP contribution in [0.2, 0.25) is 0 Å². The van der Waals surface area contributed by atoms with Gasteiger partial charge in [-0.1, -0.05) is 4.52 Å². The van der Waals surface area contributed by atoms with Gasteiger partial charge in [-0.05, 0) is 10.0 Å². The highest BCUT2D eigenvalue weighted by atomic mass is 16.6. The number of aromatic amines is 2. The molecule has 0 aliphatic heterocycles. The van der Waals surface area contributed by atoms with Crippen LogP contribution in [0.5, 0.6) is 0 Å². The van der Waals surface area contributed by atoms with Crippen molar-refractivity contribution in [2.45, 2.75) is 0 Å². The zero-order valence-electron chi connectivity index (χ0n) is 5.51. The van der Waals surface area contributed by atoms with E-state index in [9.17, 15) is 14.9 Å². The van der Waals surface area contributed by atoms with Gasteiger partial charge in [-0.2, -0.15) is 5.10 Å². The summed E-state index contributed by atoms with van der Waals surface area (Å²) in [5, 5.41) is 18.9. The average Bonchev–Trinajstić information content (AvgIpc) is 2.43. The van der Waals surface area contributed by atoms with Crippen molar-refractivity contribution in [3.05, 3.63) is 20.6 Å². The summed E-state index contributed by atoms with van der Waals surface area (Å²) in [6.45, 7) is 0. The van der Waals surface area contributed by atoms with Crippen LogP contribution in [0.1, 0.15) is 0 Å². The van der Waals surface area contributed by atoms with Gasteiger partial charge in [-0.25, -0.2) is 4.79 Å². The molecule has 0 saturated carbocycles. The van der Waals surface area contributed by atoms with E-state index in [1.165, 1.54) is 0 Å². The van der Waals surface area contributed by atoms with E-state index in [1.807, 2.05) is 0 Å². The van der Waals surface area contributed by atoms with E-state index in [0.29, 0.717) is 0 Å². The fourth-order valence-corrected chi connectivity index (χ4v) is 0.809. The highest BCUT2D eigenvalue weighted by Crippen LogP contribution is 2.03. The molecule has 0 spiro atoms. The maximum atomic E-state index is 10.6. The first kappa shape index (κ1) is 6.52. The SMILES string of the molecule is O=c1[nH]c2nnc([N+](=O)[O-])n2[nH]1. The minimum absolute atomic E-state index is 0.0201. The lowest BCUT2D eigenvalue weighted by molar-refractivity contribution is -0.395. The van der Waals surface area contributed by atoms with Crippen molar-refractivity contribution >= 4 is 11.7 Å². The van der Waals surface area contributed by atoms with Crippen molar-refractivity contribution in [1.82, 2.24) is 24.8 Å². The summed E-state index contributed by atoms with van der Waals surface area (Å²) < 4.78 is 0.863. The standard InChI is InChI=1S/C3H2N6O3/c10-2-4-1-5-6-3(9(11)12)8(1)7-2/h(H2,4,5,7,10). The van der Waals surface area contributed by atoms with E-state index >= 15 is 0 Å². The van der Waals surface area contributed by atoms with Crippen LogP contribution in [0, 0.1) is 10.1 Å². The molecule has 2 aromatic rings. The van der Waals surface area contributed by atoms with E-state index < -0.39 is 16.6 Å². The Morgan fingerprint density at radius 1 is 1.50 bits per heavy atom. The minimum atomic E-state index is -0.746. The highest BCUT2D eigenvalue weighted by molar-refractivity contribution is 5.28. The quantitative estimate of drug-likeness (QED) is 0.404. The molecule has 2 heterocycles. The van der Waals surface area contributed by atoms with Gasteiger partial charge in [0, 0.05) is 0 Å². The highest BCUT2D eigenvalue weighted by Gasteiger charge is 2.18. The average molecular weight is 170 g/mol. The number of fused-ring (bicyclic) bond motifs is 1. The summed E-state index contributed by atoms with van der Waals surface area (Å²) in [5.41, 5.74) is -0.567. The van der Waals surface area contributed by atoms with Crippen molar-refractivity contribution in [2.24, 2.45) is 0 Å². The van der Waals surface area contributed by atoms with Crippen LogP contribution in [0.15, 0.2) is 4.79 Å². The molecule has 0 amide bonds. The molecule has 62 valence electrons. The maximum absolute atomic E-state index is 10.6. The Bertz CT molecular complexity index is 489. The molecule has 0 bridgehead atoms. The zero-order chi connectivity index (χ0) is 8.72. The van der Waals surface area contributed by atoms with E-state index in [-0.39, 0.29) is 5.78 Å². The third-order valence-corrected chi connectivity index (χ3v) is 1.25. The van der Waals surface area contributed by atoms with E-state index in [4.69, 9.17) is 0 Å². The van der Waals surface area contributed by atoms with Gasteiger partial charge >= 0.3 is 17.4 Å². The van der Waals surface area contributed by atoms with Gasteiger partial charge in [0.25, 0.3) is 0 Å². The van der Waals surface area contributed by atoms with E-state index in [2.05, 4.69) is 20.3 Å². The molecule has 0 fully saturated rings. The lowest BCUT2D eigenvalue weighted by atomic mass is 11.0. The Labute approximate surface area is 63.2 Å². The molecule has 2 N–H and O–H groups in total. The van der Waals surface area contributed by atoms with Gasteiger partial charge < -0.3 is 10.1 Å². The van der Waals surface area contributed by atoms with Crippen LogP contribution in [-0.4, -0.2) is 29.7 Å². The van der Waals surface area contributed by atoms with Crippen molar-refractivity contribution in [3.63, 3.8) is 0 Å². The molecule has 0 unspecified atom stereocenters. The van der Waals surface area contributed by atoms with Gasteiger partial charge in [-0.15, -0.1) is 0 Å². The Morgan fingerprint density at radius 2 is 2.25 bits per heavy atom. The monoisotopic (exact) mass is 170 g/mol. The van der Waals surface area contributed by atoms with Gasteiger partial charge in [0.2, 0.25) is 0 Å². The molecular formula is C3H2N6O3. The fourth-order valence-electron chi connectivity index (χ4n) is 0.809. The first-order valence-corrected chi connectivity index (χ1v) is 2.86. The number of nitrogens with one attached hydrogen (secondary N) is 2. The number of H-pyrrole nitrogens is 2. The molecule has 12 heavy (non-hydrogen) atoms. The third kappa shape index (κ3) is 0.696. The summed E-state index contributed by atoms with van der Waals surface area (Å²) in [5.74, 6) is -0.505. The van der Waals surface area contributed by atoms with Crippen LogP contribution in [0.25, 0.3) is 5.78 Å². The number of nitrogens with zero attached hydrogens (tertiary/aromatic N) is 4. The number of nitro groups is 1. The number of hydrogen-bond acceptors (Lipinski definition) is 5. The van der Waals surface area contributed by atoms with Crippen molar-refractivity contribution in [3.8, 4) is 0 Å². The summed E-state index contributed by atoms with van der Waals surface area (Å²) in [4.78, 5) is 22.3. The molecule has 0 saturated heterocycles. The molecule has 9 nitrogen and oxygen atoms in total. The molecular weight excluding hydrogens is 168 g/mol. The molecule has 0 aliphatic carbocycles. The lowest BCUT2D eigenvalue weighted by Gasteiger charge is -1.85. The predicted octanol–water partition coefficient (Wildman–Crippen LogP) is -1.35. The van der Waals surface area contributed by atoms with Gasteiger partial charge in [0.05, 0.1) is 5.10 Å². The summed E-state index contributed by atoms with van der Waals surface area (Å²) >= 11 is 0. The van der Waals surface area contributed by atoms with Crippen LogP contribution in [-0.2, 0) is 0 Å². The zero-order valence-corrected chi connectivity index (χ0v) is 5.51. The maximum Gasteiger partial charge on any atom is 0.482 e.